The molecule has 0 aliphatic carbocycles. The van der Waals surface area contributed by atoms with Crippen LogP contribution in [0.1, 0.15) is 35.0 Å². The standard InChI is InChI=1S/C9H14N2/c1-4-8-6-10-9(5-2)7(3)11-8/h6H,4-5H2,1-3H3/i3D3. The molecule has 0 aliphatic rings. The minimum atomic E-state index is -2.15. The zero-order chi connectivity index (χ0) is 10.8. The summed E-state index contributed by atoms with van der Waals surface area (Å²) in [7, 11) is 0. The minimum Gasteiger partial charge on any atom is -0.258 e. The first-order valence-corrected chi connectivity index (χ1v) is 3.84. The highest BCUT2D eigenvalue weighted by molar-refractivity contribution is 5.12. The van der Waals surface area contributed by atoms with Crippen molar-refractivity contribution in [1.29, 1.82) is 0 Å². The van der Waals surface area contributed by atoms with Crippen molar-refractivity contribution in [3.63, 3.8) is 0 Å². The zero-order valence-corrected chi connectivity index (χ0v) is 6.89. The lowest BCUT2D eigenvalue weighted by Gasteiger charge is -2.01. The Morgan fingerprint density at radius 3 is 2.82 bits per heavy atom. The number of aromatic nitrogens is 2. The molecule has 0 aliphatic heterocycles. The van der Waals surface area contributed by atoms with Crippen molar-refractivity contribution in [2.45, 2.75) is 33.5 Å². The smallest absolute Gasteiger partial charge is 0.0613 e. The summed E-state index contributed by atoms with van der Waals surface area (Å²) in [5, 5.41) is 0. The first-order valence-electron chi connectivity index (χ1n) is 5.34. The van der Waals surface area contributed by atoms with E-state index in [2.05, 4.69) is 9.97 Å². The van der Waals surface area contributed by atoms with E-state index < -0.39 is 6.85 Å². The van der Waals surface area contributed by atoms with Crippen LogP contribution in [0.3, 0.4) is 0 Å². The molecule has 0 atom stereocenters. The predicted octanol–water partition coefficient (Wildman–Crippen LogP) is 1.91. The summed E-state index contributed by atoms with van der Waals surface area (Å²) in [6.45, 7) is 1.66. The highest BCUT2D eigenvalue weighted by Gasteiger charge is 1.98. The number of nitrogens with zero attached hydrogens (tertiary/aromatic N) is 2. The van der Waals surface area contributed by atoms with Gasteiger partial charge >= 0.3 is 0 Å². The van der Waals surface area contributed by atoms with Gasteiger partial charge < -0.3 is 0 Å². The van der Waals surface area contributed by atoms with E-state index in [-0.39, 0.29) is 5.69 Å². The van der Waals surface area contributed by atoms with Gasteiger partial charge in [0.2, 0.25) is 0 Å². The first-order chi connectivity index (χ1) is 6.49. The SMILES string of the molecule is [2H]C([2H])([2H])c1nc(CC)cnc1CC. The van der Waals surface area contributed by atoms with Crippen LogP contribution in [0.5, 0.6) is 0 Å². The van der Waals surface area contributed by atoms with Gasteiger partial charge in [-0.05, 0) is 19.7 Å². The largest absolute Gasteiger partial charge is 0.258 e. The summed E-state index contributed by atoms with van der Waals surface area (Å²) in [5.74, 6) is 0. The Morgan fingerprint density at radius 1 is 1.45 bits per heavy atom. The van der Waals surface area contributed by atoms with Crippen molar-refractivity contribution in [2.24, 2.45) is 0 Å². The Kier molecular flexibility index (Phi) is 1.53. The van der Waals surface area contributed by atoms with Crippen molar-refractivity contribution < 1.29 is 4.11 Å². The quantitative estimate of drug-likeness (QED) is 0.648. The van der Waals surface area contributed by atoms with E-state index in [4.69, 9.17) is 4.11 Å². The molecular formula is C9H14N2. The average molecular weight is 153 g/mol. The Hall–Kier alpha value is -0.920. The van der Waals surface area contributed by atoms with E-state index in [1.165, 1.54) is 0 Å². The van der Waals surface area contributed by atoms with Gasteiger partial charge in [-0.3, -0.25) is 9.97 Å². The lowest BCUT2D eigenvalue weighted by atomic mass is 10.2. The molecule has 0 aromatic carbocycles. The van der Waals surface area contributed by atoms with Gasteiger partial charge in [0, 0.05) is 10.3 Å². The lowest BCUT2D eigenvalue weighted by Crippen LogP contribution is -1.98. The summed E-state index contributed by atoms with van der Waals surface area (Å²) < 4.78 is 22.0. The van der Waals surface area contributed by atoms with Crippen molar-refractivity contribution in [3.8, 4) is 0 Å². The van der Waals surface area contributed by atoms with Gasteiger partial charge in [-0.25, -0.2) is 0 Å². The van der Waals surface area contributed by atoms with Crippen molar-refractivity contribution in [3.05, 3.63) is 23.3 Å². The zero-order valence-electron chi connectivity index (χ0n) is 9.89. The van der Waals surface area contributed by atoms with Crippen LogP contribution in [-0.2, 0) is 12.8 Å². The normalized spacial score (nSPS) is 15.3. The average Bonchev–Trinajstić information content (AvgIpc) is 2.15. The van der Waals surface area contributed by atoms with E-state index in [1.54, 1.807) is 6.20 Å². The number of hydrogen-bond acceptors (Lipinski definition) is 2. The Labute approximate surface area is 71.9 Å². The van der Waals surface area contributed by atoms with Gasteiger partial charge in [-0.1, -0.05) is 13.8 Å². The molecule has 0 radical (unpaired) electrons. The van der Waals surface area contributed by atoms with Crippen LogP contribution >= 0.6 is 0 Å². The van der Waals surface area contributed by atoms with Gasteiger partial charge in [-0.15, -0.1) is 0 Å². The molecule has 0 saturated carbocycles. The van der Waals surface area contributed by atoms with Crippen molar-refractivity contribution in [2.75, 3.05) is 0 Å². The number of aryl methyl sites for hydroxylation is 3. The summed E-state index contributed by atoms with van der Waals surface area (Å²) >= 11 is 0. The van der Waals surface area contributed by atoms with Crippen LogP contribution in [0.25, 0.3) is 0 Å². The summed E-state index contributed by atoms with van der Waals surface area (Å²) in [4.78, 5) is 8.22. The summed E-state index contributed by atoms with van der Waals surface area (Å²) in [5.41, 5.74) is 1.45. The molecule has 2 heteroatoms. The minimum absolute atomic E-state index is 0.152. The third-order valence-electron chi connectivity index (χ3n) is 1.60. The molecule has 0 unspecified atom stereocenters. The van der Waals surface area contributed by atoms with Gasteiger partial charge in [-0.2, -0.15) is 0 Å². The molecule has 0 bridgehead atoms. The monoisotopic (exact) mass is 153 g/mol. The van der Waals surface area contributed by atoms with Crippen LogP contribution in [0, 0.1) is 6.85 Å². The van der Waals surface area contributed by atoms with Crippen LogP contribution in [0.4, 0.5) is 0 Å². The maximum Gasteiger partial charge on any atom is 0.0613 e. The van der Waals surface area contributed by atoms with Crippen LogP contribution in [0.2, 0.25) is 0 Å². The molecule has 0 saturated heterocycles. The van der Waals surface area contributed by atoms with Crippen LogP contribution < -0.4 is 0 Å². The van der Waals surface area contributed by atoms with Gasteiger partial charge in [0.15, 0.2) is 0 Å². The fourth-order valence-electron chi connectivity index (χ4n) is 0.880. The molecular weight excluding hydrogens is 136 g/mol. The topological polar surface area (TPSA) is 25.8 Å². The van der Waals surface area contributed by atoms with Crippen molar-refractivity contribution >= 4 is 0 Å². The van der Waals surface area contributed by atoms with E-state index in [1.807, 2.05) is 13.8 Å². The highest BCUT2D eigenvalue weighted by Crippen LogP contribution is 2.03. The molecule has 1 aromatic rings. The fourth-order valence-corrected chi connectivity index (χ4v) is 0.880. The molecule has 0 spiro atoms. The predicted molar refractivity (Wildman–Crippen MR) is 45.5 cm³/mol. The lowest BCUT2D eigenvalue weighted by molar-refractivity contribution is 0.901. The van der Waals surface area contributed by atoms with E-state index in [9.17, 15) is 0 Å². The van der Waals surface area contributed by atoms with E-state index in [0.29, 0.717) is 18.5 Å². The van der Waals surface area contributed by atoms with Crippen molar-refractivity contribution in [1.82, 2.24) is 9.97 Å². The van der Waals surface area contributed by atoms with Crippen LogP contribution in [-0.4, -0.2) is 9.97 Å². The van der Waals surface area contributed by atoms with E-state index in [0.717, 1.165) is 5.69 Å². The second-order valence-electron chi connectivity index (χ2n) is 2.36. The Morgan fingerprint density at radius 2 is 2.27 bits per heavy atom. The maximum atomic E-state index is 7.32. The van der Waals surface area contributed by atoms with Gasteiger partial charge in [0.05, 0.1) is 17.1 Å². The highest BCUT2D eigenvalue weighted by atomic mass is 14.8. The summed E-state index contributed by atoms with van der Waals surface area (Å²) in [6.07, 6.45) is 2.96. The molecule has 0 amide bonds. The molecule has 11 heavy (non-hydrogen) atoms. The Balaban J connectivity index is 3.22. The number of hydrogen-bond donors (Lipinski definition) is 0. The van der Waals surface area contributed by atoms with Crippen LogP contribution in [0.15, 0.2) is 6.20 Å². The van der Waals surface area contributed by atoms with E-state index >= 15 is 0 Å². The third kappa shape index (κ3) is 1.76. The molecule has 1 heterocycles. The second kappa shape index (κ2) is 3.46. The van der Waals surface area contributed by atoms with Gasteiger partial charge in [0.1, 0.15) is 0 Å². The third-order valence-corrected chi connectivity index (χ3v) is 1.60. The summed E-state index contributed by atoms with van der Waals surface area (Å²) in [6, 6.07) is 0. The molecule has 1 rings (SSSR count). The molecule has 0 fully saturated rings. The molecule has 0 N–H and O–H groups in total. The molecule has 2 nitrogen and oxygen atoms in total. The molecule has 60 valence electrons. The molecule has 1 aromatic heterocycles. The fraction of sp³-hybridized carbons (Fsp3) is 0.556. The first kappa shape index (κ1) is 4.86. The maximum absolute atomic E-state index is 7.32. The second-order valence-corrected chi connectivity index (χ2v) is 2.36. The number of rotatable bonds is 2. The van der Waals surface area contributed by atoms with Gasteiger partial charge in [0.25, 0.3) is 0 Å². The Bertz CT molecular complexity index is 320.